The molecule has 17 heavy (non-hydrogen) atoms. The zero-order chi connectivity index (χ0) is 12.9. The van der Waals surface area contributed by atoms with Crippen LogP contribution in [0, 0.1) is 5.92 Å². The summed E-state index contributed by atoms with van der Waals surface area (Å²) >= 11 is 0. The van der Waals surface area contributed by atoms with Crippen molar-refractivity contribution in [2.75, 3.05) is 6.54 Å². The first kappa shape index (κ1) is 14.9. The number of nitrogens with one attached hydrogen (secondary N) is 1. The van der Waals surface area contributed by atoms with E-state index in [0.29, 0.717) is 12.6 Å². The molecule has 0 aromatic carbocycles. The first-order chi connectivity index (χ1) is 8.01. The van der Waals surface area contributed by atoms with Gasteiger partial charge in [0.05, 0.1) is 6.10 Å². The SMILES string of the molecule is CCC1CCC(CN)(NC(C)CC(C)O)CC1. The molecule has 1 aliphatic rings. The largest absolute Gasteiger partial charge is 0.393 e. The number of aliphatic hydroxyl groups excluding tert-OH is 1. The van der Waals surface area contributed by atoms with E-state index in [9.17, 15) is 5.11 Å². The zero-order valence-corrected chi connectivity index (χ0v) is 11.7. The Morgan fingerprint density at radius 1 is 1.35 bits per heavy atom. The highest BCUT2D eigenvalue weighted by Gasteiger charge is 2.34. The minimum Gasteiger partial charge on any atom is -0.393 e. The lowest BCUT2D eigenvalue weighted by molar-refractivity contribution is 0.137. The predicted molar refractivity (Wildman–Crippen MR) is 72.9 cm³/mol. The third-order valence-electron chi connectivity index (χ3n) is 4.28. The van der Waals surface area contributed by atoms with Crippen LogP contribution in [0.5, 0.6) is 0 Å². The maximum Gasteiger partial charge on any atom is 0.0526 e. The van der Waals surface area contributed by atoms with E-state index in [1.54, 1.807) is 0 Å². The van der Waals surface area contributed by atoms with E-state index in [1.165, 1.54) is 32.1 Å². The minimum absolute atomic E-state index is 0.125. The van der Waals surface area contributed by atoms with Crippen molar-refractivity contribution in [2.24, 2.45) is 11.7 Å². The smallest absolute Gasteiger partial charge is 0.0526 e. The fourth-order valence-electron chi connectivity index (χ4n) is 3.14. The van der Waals surface area contributed by atoms with Crippen LogP contribution in [0.3, 0.4) is 0 Å². The van der Waals surface area contributed by atoms with Crippen molar-refractivity contribution in [1.29, 1.82) is 0 Å². The Morgan fingerprint density at radius 3 is 2.35 bits per heavy atom. The summed E-state index contributed by atoms with van der Waals surface area (Å²) < 4.78 is 0. The summed E-state index contributed by atoms with van der Waals surface area (Å²) in [5.41, 5.74) is 6.10. The first-order valence-electron chi connectivity index (χ1n) is 7.17. The van der Waals surface area contributed by atoms with Crippen LogP contribution in [0.25, 0.3) is 0 Å². The highest BCUT2D eigenvalue weighted by Crippen LogP contribution is 2.33. The molecule has 0 aliphatic heterocycles. The number of nitrogens with two attached hydrogens (primary N) is 1. The van der Waals surface area contributed by atoms with Crippen LogP contribution in [0.2, 0.25) is 0 Å². The Morgan fingerprint density at radius 2 is 1.94 bits per heavy atom. The Labute approximate surface area is 106 Å². The molecule has 1 saturated carbocycles. The average molecular weight is 242 g/mol. The number of hydrogen-bond donors (Lipinski definition) is 3. The molecule has 2 atom stereocenters. The standard InChI is InChI=1S/C14H30N2O/c1-4-13-5-7-14(10-15,8-6-13)16-11(2)9-12(3)17/h11-13,16-17H,4-10,15H2,1-3H3. The lowest BCUT2D eigenvalue weighted by Crippen LogP contribution is -2.56. The second-order valence-corrected chi connectivity index (χ2v) is 5.97. The van der Waals surface area contributed by atoms with E-state index in [2.05, 4.69) is 19.2 Å². The zero-order valence-electron chi connectivity index (χ0n) is 11.7. The summed E-state index contributed by atoms with van der Waals surface area (Å²) in [5.74, 6) is 0.892. The number of aliphatic hydroxyl groups is 1. The van der Waals surface area contributed by atoms with Gasteiger partial charge in [0, 0.05) is 18.1 Å². The molecule has 4 N–H and O–H groups in total. The molecule has 1 aliphatic carbocycles. The van der Waals surface area contributed by atoms with E-state index < -0.39 is 0 Å². The highest BCUT2D eigenvalue weighted by atomic mass is 16.3. The maximum absolute atomic E-state index is 9.42. The predicted octanol–water partition coefficient (Wildman–Crippen LogP) is 2.03. The fourth-order valence-corrected chi connectivity index (χ4v) is 3.14. The molecule has 2 unspecified atom stereocenters. The van der Waals surface area contributed by atoms with Crippen LogP contribution >= 0.6 is 0 Å². The van der Waals surface area contributed by atoms with Gasteiger partial charge in [-0.2, -0.15) is 0 Å². The van der Waals surface area contributed by atoms with Gasteiger partial charge in [-0.05, 0) is 51.9 Å². The first-order valence-corrected chi connectivity index (χ1v) is 7.17. The lowest BCUT2D eigenvalue weighted by Gasteiger charge is -2.42. The Hall–Kier alpha value is -0.120. The maximum atomic E-state index is 9.42. The molecule has 3 heteroatoms. The third-order valence-corrected chi connectivity index (χ3v) is 4.28. The quantitative estimate of drug-likeness (QED) is 0.668. The van der Waals surface area contributed by atoms with Gasteiger partial charge in [-0.3, -0.25) is 0 Å². The number of rotatable bonds is 6. The molecule has 1 rings (SSSR count). The Bertz CT molecular complexity index is 210. The van der Waals surface area contributed by atoms with Gasteiger partial charge in [0.25, 0.3) is 0 Å². The average Bonchev–Trinajstić information content (AvgIpc) is 2.29. The monoisotopic (exact) mass is 242 g/mol. The summed E-state index contributed by atoms with van der Waals surface area (Å²) in [6, 6.07) is 0.344. The van der Waals surface area contributed by atoms with Gasteiger partial charge < -0.3 is 16.2 Å². The van der Waals surface area contributed by atoms with Crippen LogP contribution in [-0.2, 0) is 0 Å². The molecule has 0 heterocycles. The normalized spacial score (nSPS) is 33.4. The van der Waals surface area contributed by atoms with Crippen molar-refractivity contribution >= 4 is 0 Å². The molecule has 0 saturated heterocycles. The molecule has 102 valence electrons. The molecule has 0 aromatic heterocycles. The number of hydrogen-bond acceptors (Lipinski definition) is 3. The summed E-state index contributed by atoms with van der Waals surface area (Å²) in [5, 5.41) is 13.1. The summed E-state index contributed by atoms with van der Waals surface area (Å²) in [7, 11) is 0. The van der Waals surface area contributed by atoms with Crippen molar-refractivity contribution in [1.82, 2.24) is 5.32 Å². The van der Waals surface area contributed by atoms with Crippen molar-refractivity contribution < 1.29 is 5.11 Å². The van der Waals surface area contributed by atoms with Crippen LogP contribution in [0.4, 0.5) is 0 Å². The third kappa shape index (κ3) is 4.57. The van der Waals surface area contributed by atoms with Gasteiger partial charge in [-0.1, -0.05) is 13.3 Å². The van der Waals surface area contributed by atoms with E-state index >= 15 is 0 Å². The van der Waals surface area contributed by atoms with Crippen LogP contribution in [0.15, 0.2) is 0 Å². The van der Waals surface area contributed by atoms with Crippen molar-refractivity contribution in [2.45, 2.75) is 77.0 Å². The molecule has 0 spiro atoms. The van der Waals surface area contributed by atoms with Crippen LogP contribution in [-0.4, -0.2) is 29.3 Å². The topological polar surface area (TPSA) is 58.3 Å². The summed E-state index contributed by atoms with van der Waals surface area (Å²) in [4.78, 5) is 0. The van der Waals surface area contributed by atoms with Crippen molar-refractivity contribution in [3.05, 3.63) is 0 Å². The second kappa shape index (κ2) is 6.72. The fraction of sp³-hybridized carbons (Fsp3) is 1.00. The molecule has 3 nitrogen and oxygen atoms in total. The van der Waals surface area contributed by atoms with E-state index in [1.807, 2.05) is 6.92 Å². The molecular weight excluding hydrogens is 212 g/mol. The summed E-state index contributed by atoms with van der Waals surface area (Å²) in [6.45, 7) is 6.99. The van der Waals surface area contributed by atoms with E-state index in [0.717, 1.165) is 12.3 Å². The lowest BCUT2D eigenvalue weighted by atomic mass is 9.75. The van der Waals surface area contributed by atoms with Gasteiger partial charge in [0.1, 0.15) is 0 Å². The van der Waals surface area contributed by atoms with Crippen molar-refractivity contribution in [3.8, 4) is 0 Å². The van der Waals surface area contributed by atoms with Gasteiger partial charge in [-0.15, -0.1) is 0 Å². The van der Waals surface area contributed by atoms with Gasteiger partial charge in [-0.25, -0.2) is 0 Å². The summed E-state index contributed by atoms with van der Waals surface area (Å²) in [6.07, 6.45) is 6.82. The molecular formula is C14H30N2O. The minimum atomic E-state index is -0.237. The van der Waals surface area contributed by atoms with Gasteiger partial charge >= 0.3 is 0 Å². The van der Waals surface area contributed by atoms with Gasteiger partial charge in [0.2, 0.25) is 0 Å². The van der Waals surface area contributed by atoms with E-state index in [-0.39, 0.29) is 11.6 Å². The van der Waals surface area contributed by atoms with Gasteiger partial charge in [0.15, 0.2) is 0 Å². The molecule has 1 fully saturated rings. The molecule has 0 amide bonds. The molecule has 0 radical (unpaired) electrons. The molecule has 0 bridgehead atoms. The van der Waals surface area contributed by atoms with Crippen molar-refractivity contribution in [3.63, 3.8) is 0 Å². The second-order valence-electron chi connectivity index (χ2n) is 5.97. The highest BCUT2D eigenvalue weighted by molar-refractivity contribution is 4.95. The molecule has 0 aromatic rings. The Balaban J connectivity index is 2.47. The van der Waals surface area contributed by atoms with E-state index in [4.69, 9.17) is 5.73 Å². The van der Waals surface area contributed by atoms with Crippen LogP contribution in [0.1, 0.15) is 59.3 Å². The van der Waals surface area contributed by atoms with Crippen LogP contribution < -0.4 is 11.1 Å². The Kier molecular flexibility index (Phi) is 5.90.